The Kier molecular flexibility index (Phi) is 6.70. The number of sulfonamides is 1. The van der Waals surface area contributed by atoms with Crippen LogP contribution in [0.3, 0.4) is 0 Å². The first-order valence-corrected chi connectivity index (χ1v) is 11.3. The lowest BCUT2D eigenvalue weighted by Crippen LogP contribution is -2.12. The fraction of sp³-hybridized carbons (Fsp3) is 0.118. The summed E-state index contributed by atoms with van der Waals surface area (Å²) in [5, 5.41) is 20.0. The van der Waals surface area contributed by atoms with E-state index in [2.05, 4.69) is 20.8 Å². The Labute approximate surface area is 181 Å². The van der Waals surface area contributed by atoms with Gasteiger partial charge in [0.1, 0.15) is 0 Å². The zero-order chi connectivity index (χ0) is 21.0. The molecule has 0 saturated heterocycles. The molecule has 0 aliphatic carbocycles. The number of benzene rings is 2. The number of nitrogens with two attached hydrogens (primary N) is 1. The molecule has 0 fully saturated rings. The second-order valence-electron chi connectivity index (χ2n) is 5.83. The van der Waals surface area contributed by atoms with Gasteiger partial charge in [-0.3, -0.25) is 10.1 Å². The van der Waals surface area contributed by atoms with E-state index in [1.165, 1.54) is 12.1 Å². The third-order valence-corrected chi connectivity index (χ3v) is 6.13. The largest absolute Gasteiger partial charge is 0.360 e. The van der Waals surface area contributed by atoms with E-state index in [1.54, 1.807) is 30.3 Å². The minimum absolute atomic E-state index is 0.0670. The van der Waals surface area contributed by atoms with Crippen molar-refractivity contribution in [1.82, 2.24) is 10.2 Å². The molecule has 0 bridgehead atoms. The summed E-state index contributed by atoms with van der Waals surface area (Å²) in [4.78, 5) is 12.4. The van der Waals surface area contributed by atoms with E-state index in [4.69, 9.17) is 28.3 Å². The molecule has 4 N–H and O–H groups in total. The van der Waals surface area contributed by atoms with E-state index in [0.717, 1.165) is 16.9 Å². The topological polar surface area (TPSA) is 127 Å². The van der Waals surface area contributed by atoms with Crippen LogP contribution in [-0.4, -0.2) is 31.1 Å². The maximum atomic E-state index is 12.3. The fourth-order valence-electron chi connectivity index (χ4n) is 2.38. The van der Waals surface area contributed by atoms with Gasteiger partial charge in [0.05, 0.1) is 20.5 Å². The van der Waals surface area contributed by atoms with Gasteiger partial charge in [0.2, 0.25) is 20.3 Å². The Bertz CT molecular complexity index is 1110. The molecule has 0 aliphatic rings. The number of halogens is 2. The summed E-state index contributed by atoms with van der Waals surface area (Å²) < 4.78 is 22.5. The van der Waals surface area contributed by atoms with E-state index in [0.29, 0.717) is 23.2 Å². The normalized spacial score (nSPS) is 11.3. The minimum atomic E-state index is -3.70. The molecule has 0 aliphatic heterocycles. The lowest BCUT2D eigenvalue weighted by atomic mass is 10.1. The Morgan fingerprint density at radius 1 is 1.03 bits per heavy atom. The summed E-state index contributed by atoms with van der Waals surface area (Å²) in [6, 6.07) is 11.1. The molecule has 12 heteroatoms. The molecule has 1 aromatic heterocycles. The number of nitrogens with one attached hydrogen (secondary N) is 2. The molecule has 3 aromatic rings. The van der Waals surface area contributed by atoms with Crippen LogP contribution >= 0.6 is 34.5 Å². The van der Waals surface area contributed by atoms with Gasteiger partial charge in [-0.25, -0.2) is 13.6 Å². The van der Waals surface area contributed by atoms with Crippen molar-refractivity contribution >= 4 is 60.7 Å². The third-order valence-electron chi connectivity index (χ3n) is 3.78. The summed E-state index contributed by atoms with van der Waals surface area (Å²) in [6.45, 7) is 0.535. The number of aromatic nitrogens is 2. The smallest absolute Gasteiger partial charge is 0.260 e. The fourth-order valence-corrected chi connectivity index (χ4v) is 4.13. The Balaban J connectivity index is 1.55. The number of anilines is 2. The summed E-state index contributed by atoms with van der Waals surface area (Å²) in [5.41, 5.74) is 1.10. The standard InChI is InChI=1S/C17H15Cl2N5O3S2/c18-12-2-1-3-13(19)14(12)15(25)22-17-24-23-16(28-17)21-9-8-10-4-6-11(7-5-10)29(20,26)27/h1-7H,8-9H2,(H,21,23)(H2,20,26,27)(H,22,24,25). The van der Waals surface area contributed by atoms with Gasteiger partial charge in [0.15, 0.2) is 0 Å². The van der Waals surface area contributed by atoms with Gasteiger partial charge in [0, 0.05) is 6.54 Å². The van der Waals surface area contributed by atoms with Crippen LogP contribution in [-0.2, 0) is 16.4 Å². The average Bonchev–Trinajstić information content (AvgIpc) is 3.08. The van der Waals surface area contributed by atoms with Crippen LogP contribution in [0.15, 0.2) is 47.4 Å². The predicted molar refractivity (Wildman–Crippen MR) is 114 cm³/mol. The third kappa shape index (κ3) is 5.64. The Morgan fingerprint density at radius 3 is 2.28 bits per heavy atom. The van der Waals surface area contributed by atoms with E-state index < -0.39 is 15.9 Å². The van der Waals surface area contributed by atoms with Gasteiger partial charge in [-0.1, -0.05) is 52.7 Å². The number of nitrogens with zero attached hydrogens (tertiary/aromatic N) is 2. The predicted octanol–water partition coefficient (Wildman–Crippen LogP) is 3.40. The first kappa shape index (κ1) is 21.5. The lowest BCUT2D eigenvalue weighted by Gasteiger charge is -2.05. The summed E-state index contributed by atoms with van der Waals surface area (Å²) in [6.07, 6.45) is 0.626. The molecule has 152 valence electrons. The lowest BCUT2D eigenvalue weighted by molar-refractivity contribution is 0.102. The molecule has 0 radical (unpaired) electrons. The summed E-state index contributed by atoms with van der Waals surface area (Å²) in [5.74, 6) is -0.474. The maximum Gasteiger partial charge on any atom is 0.260 e. The van der Waals surface area contributed by atoms with Crippen molar-refractivity contribution in [2.75, 3.05) is 17.2 Å². The SMILES string of the molecule is NS(=O)(=O)c1ccc(CCNc2nnc(NC(=O)c3c(Cl)cccc3Cl)s2)cc1. The van der Waals surface area contributed by atoms with Crippen molar-refractivity contribution in [3.63, 3.8) is 0 Å². The molecule has 0 spiro atoms. The molecular weight excluding hydrogens is 457 g/mol. The van der Waals surface area contributed by atoms with Gasteiger partial charge in [0.25, 0.3) is 5.91 Å². The van der Waals surface area contributed by atoms with Crippen LogP contribution in [0.2, 0.25) is 10.0 Å². The van der Waals surface area contributed by atoms with Crippen LogP contribution in [0.1, 0.15) is 15.9 Å². The van der Waals surface area contributed by atoms with Gasteiger partial charge < -0.3 is 5.32 Å². The monoisotopic (exact) mass is 471 g/mol. The highest BCUT2D eigenvalue weighted by atomic mass is 35.5. The second kappa shape index (κ2) is 9.06. The van der Waals surface area contributed by atoms with Crippen molar-refractivity contribution < 1.29 is 13.2 Å². The first-order chi connectivity index (χ1) is 13.7. The first-order valence-electron chi connectivity index (χ1n) is 8.18. The molecule has 3 rings (SSSR count). The second-order valence-corrected chi connectivity index (χ2v) is 9.18. The summed E-state index contributed by atoms with van der Waals surface area (Å²) >= 11 is 13.2. The van der Waals surface area contributed by atoms with E-state index >= 15 is 0 Å². The Morgan fingerprint density at radius 2 is 1.66 bits per heavy atom. The van der Waals surface area contributed by atoms with Crippen LogP contribution in [0, 0.1) is 0 Å². The van der Waals surface area contributed by atoms with Crippen molar-refractivity contribution in [3.05, 3.63) is 63.6 Å². The van der Waals surface area contributed by atoms with E-state index in [-0.39, 0.29) is 20.5 Å². The highest BCUT2D eigenvalue weighted by Crippen LogP contribution is 2.26. The van der Waals surface area contributed by atoms with Crippen molar-refractivity contribution in [3.8, 4) is 0 Å². The highest BCUT2D eigenvalue weighted by Gasteiger charge is 2.16. The number of primary sulfonamides is 1. The molecule has 8 nitrogen and oxygen atoms in total. The van der Waals surface area contributed by atoms with Crippen molar-refractivity contribution in [2.24, 2.45) is 5.14 Å². The molecule has 29 heavy (non-hydrogen) atoms. The minimum Gasteiger partial charge on any atom is -0.360 e. The van der Waals surface area contributed by atoms with Crippen LogP contribution in [0.4, 0.5) is 10.3 Å². The number of rotatable bonds is 7. The highest BCUT2D eigenvalue weighted by molar-refractivity contribution is 7.89. The van der Waals surface area contributed by atoms with Crippen LogP contribution < -0.4 is 15.8 Å². The van der Waals surface area contributed by atoms with Gasteiger partial charge in [-0.15, -0.1) is 10.2 Å². The van der Waals surface area contributed by atoms with Crippen LogP contribution in [0.5, 0.6) is 0 Å². The molecule has 1 heterocycles. The number of carbonyl (C=O) groups is 1. The Hall–Kier alpha value is -2.24. The molecule has 0 atom stereocenters. The maximum absolute atomic E-state index is 12.3. The summed E-state index contributed by atoms with van der Waals surface area (Å²) in [7, 11) is -3.70. The van der Waals surface area contributed by atoms with Gasteiger partial charge in [-0.05, 0) is 36.2 Å². The van der Waals surface area contributed by atoms with Gasteiger partial charge in [-0.2, -0.15) is 0 Å². The molecule has 0 saturated carbocycles. The van der Waals surface area contributed by atoms with Crippen molar-refractivity contribution in [1.29, 1.82) is 0 Å². The molecule has 2 aromatic carbocycles. The zero-order valence-electron chi connectivity index (χ0n) is 14.7. The average molecular weight is 472 g/mol. The zero-order valence-corrected chi connectivity index (χ0v) is 17.9. The van der Waals surface area contributed by atoms with E-state index in [1.807, 2.05) is 0 Å². The van der Waals surface area contributed by atoms with Gasteiger partial charge >= 0.3 is 0 Å². The number of carbonyl (C=O) groups excluding carboxylic acids is 1. The number of amides is 1. The molecular formula is C17H15Cl2N5O3S2. The molecule has 1 amide bonds. The van der Waals surface area contributed by atoms with Crippen molar-refractivity contribution in [2.45, 2.75) is 11.3 Å². The number of hydrogen-bond acceptors (Lipinski definition) is 7. The van der Waals surface area contributed by atoms with E-state index in [9.17, 15) is 13.2 Å². The number of hydrogen-bond donors (Lipinski definition) is 3. The quantitative estimate of drug-likeness (QED) is 0.484. The van der Waals surface area contributed by atoms with Crippen LogP contribution in [0.25, 0.3) is 0 Å². The molecule has 0 unspecified atom stereocenters.